The summed E-state index contributed by atoms with van der Waals surface area (Å²) in [5, 5.41) is 3.45. The Morgan fingerprint density at radius 1 is 1.09 bits per heavy atom. The topological polar surface area (TPSA) is 73.2 Å². The second kappa shape index (κ2) is 9.36. The molecule has 2 heterocycles. The van der Waals surface area contributed by atoms with E-state index in [0.29, 0.717) is 40.2 Å². The summed E-state index contributed by atoms with van der Waals surface area (Å²) in [6.45, 7) is 6.77. The molecule has 0 unspecified atom stereocenters. The van der Waals surface area contributed by atoms with Gasteiger partial charge in [-0.15, -0.1) is 11.3 Å². The van der Waals surface area contributed by atoms with Crippen molar-refractivity contribution in [3.8, 4) is 5.75 Å². The van der Waals surface area contributed by atoms with Crippen LogP contribution in [0, 0.1) is 20.8 Å². The van der Waals surface area contributed by atoms with E-state index in [2.05, 4.69) is 10.3 Å². The van der Waals surface area contributed by atoms with Crippen LogP contribution in [0.4, 0.5) is 5.69 Å². The van der Waals surface area contributed by atoms with Crippen LogP contribution >= 0.6 is 11.3 Å². The van der Waals surface area contributed by atoms with E-state index >= 15 is 0 Å². The fourth-order valence-corrected chi connectivity index (χ4v) is 4.52. The standard InChI is InChI=1S/C25H25N3O3S/c1-16-9-11-19(12-10-16)31-14-6-13-28-15-26-24-21(25(28)30)18(3)22(32-24)23(29)27-20-8-5-4-7-17(20)2/h4-5,7-12,15H,6,13-14H2,1-3H3,(H,27,29). The number of nitrogens with zero attached hydrogens (tertiary/aromatic N) is 2. The predicted octanol–water partition coefficient (Wildman–Crippen LogP) is 5.10. The molecule has 4 rings (SSSR count). The summed E-state index contributed by atoms with van der Waals surface area (Å²) in [6, 6.07) is 15.5. The molecule has 0 bridgehead atoms. The number of aromatic nitrogens is 2. The minimum atomic E-state index is -0.225. The van der Waals surface area contributed by atoms with Crippen molar-refractivity contribution in [3.05, 3.63) is 86.8 Å². The highest BCUT2D eigenvalue weighted by molar-refractivity contribution is 7.20. The molecular formula is C25H25N3O3S. The largest absolute Gasteiger partial charge is 0.494 e. The Balaban J connectivity index is 1.48. The molecular weight excluding hydrogens is 422 g/mol. The van der Waals surface area contributed by atoms with Gasteiger partial charge in [0.25, 0.3) is 11.5 Å². The molecule has 0 saturated heterocycles. The van der Waals surface area contributed by atoms with E-state index in [9.17, 15) is 9.59 Å². The molecule has 6 nitrogen and oxygen atoms in total. The first-order valence-corrected chi connectivity index (χ1v) is 11.3. The third-order valence-electron chi connectivity index (χ3n) is 5.35. The lowest BCUT2D eigenvalue weighted by Gasteiger charge is -2.08. The number of rotatable bonds is 7. The molecule has 1 N–H and O–H groups in total. The van der Waals surface area contributed by atoms with Crippen LogP contribution in [-0.4, -0.2) is 22.1 Å². The van der Waals surface area contributed by atoms with E-state index in [1.54, 1.807) is 17.8 Å². The quantitative estimate of drug-likeness (QED) is 0.400. The van der Waals surface area contributed by atoms with Gasteiger partial charge in [0, 0.05) is 12.2 Å². The summed E-state index contributed by atoms with van der Waals surface area (Å²) >= 11 is 1.25. The van der Waals surface area contributed by atoms with Crippen LogP contribution in [0.2, 0.25) is 0 Å². The smallest absolute Gasteiger partial charge is 0.266 e. The number of benzene rings is 2. The normalized spacial score (nSPS) is 11.0. The van der Waals surface area contributed by atoms with E-state index in [1.807, 2.05) is 62.4 Å². The van der Waals surface area contributed by atoms with Gasteiger partial charge in [-0.3, -0.25) is 14.2 Å². The number of amides is 1. The van der Waals surface area contributed by atoms with Crippen molar-refractivity contribution in [1.29, 1.82) is 0 Å². The first kappa shape index (κ1) is 21.8. The Labute approximate surface area is 190 Å². The average Bonchev–Trinajstić information content (AvgIpc) is 3.12. The Bertz CT molecular complexity index is 1320. The first-order valence-electron chi connectivity index (χ1n) is 10.5. The summed E-state index contributed by atoms with van der Waals surface area (Å²) in [6.07, 6.45) is 2.22. The Kier molecular flexibility index (Phi) is 6.37. The van der Waals surface area contributed by atoms with Crippen molar-refractivity contribution >= 4 is 33.1 Å². The van der Waals surface area contributed by atoms with E-state index in [4.69, 9.17) is 4.74 Å². The highest BCUT2D eigenvalue weighted by Crippen LogP contribution is 2.28. The lowest BCUT2D eigenvalue weighted by atomic mass is 10.2. The van der Waals surface area contributed by atoms with Gasteiger partial charge in [0.05, 0.1) is 23.2 Å². The molecule has 2 aromatic carbocycles. The van der Waals surface area contributed by atoms with E-state index in [0.717, 1.165) is 17.0 Å². The summed E-state index contributed by atoms with van der Waals surface area (Å²) in [4.78, 5) is 31.4. The Morgan fingerprint density at radius 2 is 1.84 bits per heavy atom. The van der Waals surface area contributed by atoms with Gasteiger partial charge in [-0.2, -0.15) is 0 Å². The van der Waals surface area contributed by atoms with E-state index < -0.39 is 0 Å². The molecule has 7 heteroatoms. The van der Waals surface area contributed by atoms with Gasteiger partial charge < -0.3 is 10.1 Å². The van der Waals surface area contributed by atoms with Gasteiger partial charge in [-0.05, 0) is 56.5 Å². The molecule has 0 aliphatic carbocycles. The number of anilines is 1. The Morgan fingerprint density at radius 3 is 2.59 bits per heavy atom. The molecule has 1 amide bonds. The number of fused-ring (bicyclic) bond motifs is 1. The summed E-state index contributed by atoms with van der Waals surface area (Å²) in [7, 11) is 0. The molecule has 2 aromatic heterocycles. The number of carbonyl (C=O) groups is 1. The van der Waals surface area contributed by atoms with Crippen molar-refractivity contribution in [3.63, 3.8) is 0 Å². The molecule has 0 atom stereocenters. The number of aryl methyl sites for hydroxylation is 4. The van der Waals surface area contributed by atoms with Gasteiger partial charge in [0.2, 0.25) is 0 Å². The van der Waals surface area contributed by atoms with Crippen molar-refractivity contribution < 1.29 is 9.53 Å². The lowest BCUT2D eigenvalue weighted by Crippen LogP contribution is -2.21. The molecule has 0 spiro atoms. The van der Waals surface area contributed by atoms with E-state index in [-0.39, 0.29) is 11.5 Å². The van der Waals surface area contributed by atoms with Crippen LogP contribution in [0.5, 0.6) is 5.75 Å². The predicted molar refractivity (Wildman–Crippen MR) is 129 cm³/mol. The lowest BCUT2D eigenvalue weighted by molar-refractivity contribution is 0.103. The van der Waals surface area contributed by atoms with Crippen LogP contribution in [0.1, 0.15) is 32.8 Å². The maximum absolute atomic E-state index is 13.1. The number of hydrogen-bond donors (Lipinski definition) is 1. The monoisotopic (exact) mass is 447 g/mol. The fourth-order valence-electron chi connectivity index (χ4n) is 3.49. The molecule has 0 fully saturated rings. The second-order valence-corrected chi connectivity index (χ2v) is 8.76. The molecule has 164 valence electrons. The SMILES string of the molecule is Cc1ccc(OCCCn2cnc3sc(C(=O)Nc4ccccc4C)c(C)c3c2=O)cc1. The molecule has 0 aliphatic rings. The third kappa shape index (κ3) is 4.57. The molecule has 32 heavy (non-hydrogen) atoms. The summed E-state index contributed by atoms with van der Waals surface area (Å²) in [5.74, 6) is 0.590. The minimum Gasteiger partial charge on any atom is -0.494 e. The number of nitrogens with one attached hydrogen (secondary N) is 1. The van der Waals surface area contributed by atoms with Crippen LogP contribution in [-0.2, 0) is 6.54 Å². The zero-order valence-electron chi connectivity index (χ0n) is 18.3. The Hall–Kier alpha value is -3.45. The highest BCUT2D eigenvalue weighted by Gasteiger charge is 2.20. The number of ether oxygens (including phenoxy) is 1. The second-order valence-electron chi connectivity index (χ2n) is 7.76. The first-order chi connectivity index (χ1) is 15.4. The molecule has 0 saturated carbocycles. The number of carbonyl (C=O) groups excluding carboxylic acids is 1. The molecule has 4 aromatic rings. The maximum Gasteiger partial charge on any atom is 0.266 e. The number of para-hydroxylation sites is 1. The summed E-state index contributed by atoms with van der Waals surface area (Å²) in [5.41, 5.74) is 3.45. The molecule has 0 aliphatic heterocycles. The van der Waals surface area contributed by atoms with Crippen molar-refractivity contribution in [2.24, 2.45) is 0 Å². The zero-order valence-corrected chi connectivity index (χ0v) is 19.2. The zero-order chi connectivity index (χ0) is 22.7. The van der Waals surface area contributed by atoms with Crippen molar-refractivity contribution in [2.75, 3.05) is 11.9 Å². The van der Waals surface area contributed by atoms with E-state index in [1.165, 1.54) is 16.9 Å². The van der Waals surface area contributed by atoms with Crippen molar-refractivity contribution in [2.45, 2.75) is 33.7 Å². The summed E-state index contributed by atoms with van der Waals surface area (Å²) < 4.78 is 7.34. The number of hydrogen-bond acceptors (Lipinski definition) is 5. The highest BCUT2D eigenvalue weighted by atomic mass is 32.1. The van der Waals surface area contributed by atoms with Gasteiger partial charge in [0.15, 0.2) is 0 Å². The average molecular weight is 448 g/mol. The van der Waals surface area contributed by atoms with Gasteiger partial charge in [0.1, 0.15) is 10.6 Å². The molecule has 0 radical (unpaired) electrons. The number of thiophene rings is 1. The minimum absolute atomic E-state index is 0.131. The maximum atomic E-state index is 13.1. The van der Waals surface area contributed by atoms with Crippen LogP contribution in [0.15, 0.2) is 59.7 Å². The third-order valence-corrected chi connectivity index (χ3v) is 6.55. The van der Waals surface area contributed by atoms with Gasteiger partial charge in [-0.25, -0.2) is 4.98 Å². The van der Waals surface area contributed by atoms with Crippen molar-refractivity contribution in [1.82, 2.24) is 9.55 Å². The van der Waals surface area contributed by atoms with Crippen LogP contribution in [0.3, 0.4) is 0 Å². The fraction of sp³-hybridized carbons (Fsp3) is 0.240. The van der Waals surface area contributed by atoms with Gasteiger partial charge >= 0.3 is 0 Å². The van der Waals surface area contributed by atoms with Crippen LogP contribution < -0.4 is 15.6 Å². The van der Waals surface area contributed by atoms with Crippen LogP contribution in [0.25, 0.3) is 10.2 Å². The van der Waals surface area contributed by atoms with Gasteiger partial charge in [-0.1, -0.05) is 35.9 Å².